The van der Waals surface area contributed by atoms with E-state index in [9.17, 15) is 8.42 Å². The standard InChI is InChI=1S/C14H20N2O2S/c15-10-4-5-13-6-8-14(9-7-13)19(17,18)16-11-2-1-3-12-16/h1-2,6-9H,3-5,10-12,15H2. The molecular formula is C14H20N2O2S. The fourth-order valence-corrected chi connectivity index (χ4v) is 3.53. The Balaban J connectivity index is 2.14. The molecular weight excluding hydrogens is 260 g/mol. The normalized spacial score (nSPS) is 16.7. The summed E-state index contributed by atoms with van der Waals surface area (Å²) in [5.74, 6) is 0. The van der Waals surface area contributed by atoms with Crippen molar-refractivity contribution in [2.75, 3.05) is 19.6 Å². The highest BCUT2D eigenvalue weighted by atomic mass is 32.2. The van der Waals surface area contributed by atoms with Crippen LogP contribution in [0.2, 0.25) is 0 Å². The molecule has 0 spiro atoms. The number of nitrogens with zero attached hydrogens (tertiary/aromatic N) is 1. The number of hydrogen-bond donors (Lipinski definition) is 1. The Morgan fingerprint density at radius 2 is 1.89 bits per heavy atom. The van der Waals surface area contributed by atoms with Gasteiger partial charge in [-0.1, -0.05) is 24.3 Å². The van der Waals surface area contributed by atoms with Crippen LogP contribution in [0.25, 0.3) is 0 Å². The van der Waals surface area contributed by atoms with E-state index in [2.05, 4.69) is 0 Å². The van der Waals surface area contributed by atoms with Crippen LogP contribution >= 0.6 is 0 Å². The van der Waals surface area contributed by atoms with E-state index in [1.165, 1.54) is 4.31 Å². The lowest BCUT2D eigenvalue weighted by atomic mass is 10.1. The van der Waals surface area contributed by atoms with E-state index < -0.39 is 10.0 Å². The second-order valence-electron chi connectivity index (χ2n) is 4.66. The third-order valence-corrected chi connectivity index (χ3v) is 5.13. The number of aryl methyl sites for hydroxylation is 1. The Labute approximate surface area is 115 Å². The minimum atomic E-state index is -3.34. The van der Waals surface area contributed by atoms with Crippen LogP contribution in [0.1, 0.15) is 18.4 Å². The number of benzene rings is 1. The summed E-state index contributed by atoms with van der Waals surface area (Å²) < 4.78 is 26.3. The summed E-state index contributed by atoms with van der Waals surface area (Å²) in [6.07, 6.45) is 6.51. The van der Waals surface area contributed by atoms with E-state index in [4.69, 9.17) is 5.73 Å². The molecule has 2 N–H and O–H groups in total. The monoisotopic (exact) mass is 280 g/mol. The molecule has 0 amide bonds. The molecule has 0 saturated heterocycles. The minimum Gasteiger partial charge on any atom is -0.330 e. The van der Waals surface area contributed by atoms with Crippen LogP contribution < -0.4 is 5.73 Å². The van der Waals surface area contributed by atoms with Gasteiger partial charge in [-0.2, -0.15) is 4.31 Å². The van der Waals surface area contributed by atoms with Crippen molar-refractivity contribution >= 4 is 10.0 Å². The number of hydrogen-bond acceptors (Lipinski definition) is 3. The SMILES string of the molecule is NCCCc1ccc(S(=O)(=O)N2CC=CCC2)cc1. The van der Waals surface area contributed by atoms with Gasteiger partial charge in [0.2, 0.25) is 10.0 Å². The van der Waals surface area contributed by atoms with Gasteiger partial charge in [-0.05, 0) is 43.5 Å². The molecule has 0 aromatic heterocycles. The highest BCUT2D eigenvalue weighted by Gasteiger charge is 2.23. The van der Waals surface area contributed by atoms with Crippen LogP contribution in [0, 0.1) is 0 Å². The van der Waals surface area contributed by atoms with E-state index in [1.807, 2.05) is 24.3 Å². The van der Waals surface area contributed by atoms with Crippen molar-refractivity contribution in [1.82, 2.24) is 4.31 Å². The maximum absolute atomic E-state index is 12.4. The van der Waals surface area contributed by atoms with Crippen molar-refractivity contribution in [3.8, 4) is 0 Å². The Morgan fingerprint density at radius 3 is 2.47 bits per heavy atom. The molecule has 0 radical (unpaired) electrons. The van der Waals surface area contributed by atoms with Gasteiger partial charge in [0.1, 0.15) is 0 Å². The van der Waals surface area contributed by atoms with Crippen molar-refractivity contribution in [2.24, 2.45) is 5.73 Å². The fourth-order valence-electron chi connectivity index (χ4n) is 2.12. The Morgan fingerprint density at radius 1 is 1.16 bits per heavy atom. The molecule has 0 fully saturated rings. The van der Waals surface area contributed by atoms with Gasteiger partial charge in [0.15, 0.2) is 0 Å². The molecule has 104 valence electrons. The van der Waals surface area contributed by atoms with E-state index in [1.54, 1.807) is 12.1 Å². The molecule has 0 aliphatic carbocycles. The highest BCUT2D eigenvalue weighted by Crippen LogP contribution is 2.19. The predicted molar refractivity (Wildman–Crippen MR) is 76.3 cm³/mol. The quantitative estimate of drug-likeness (QED) is 0.832. The maximum atomic E-state index is 12.4. The predicted octanol–water partition coefficient (Wildman–Crippen LogP) is 1.53. The van der Waals surface area contributed by atoms with E-state index in [0.29, 0.717) is 24.5 Å². The van der Waals surface area contributed by atoms with Gasteiger partial charge in [-0.3, -0.25) is 0 Å². The molecule has 5 heteroatoms. The van der Waals surface area contributed by atoms with Crippen molar-refractivity contribution in [1.29, 1.82) is 0 Å². The van der Waals surface area contributed by atoms with Crippen molar-refractivity contribution < 1.29 is 8.42 Å². The lowest BCUT2D eigenvalue weighted by Crippen LogP contribution is -2.33. The highest BCUT2D eigenvalue weighted by molar-refractivity contribution is 7.89. The lowest BCUT2D eigenvalue weighted by Gasteiger charge is -2.22. The summed E-state index contributed by atoms with van der Waals surface area (Å²) in [5.41, 5.74) is 6.59. The third-order valence-electron chi connectivity index (χ3n) is 3.25. The molecule has 1 aromatic rings. The molecule has 1 aliphatic rings. The van der Waals surface area contributed by atoms with Gasteiger partial charge >= 0.3 is 0 Å². The first-order valence-electron chi connectivity index (χ1n) is 6.59. The topological polar surface area (TPSA) is 63.4 Å². The summed E-state index contributed by atoms with van der Waals surface area (Å²) in [4.78, 5) is 0.374. The van der Waals surface area contributed by atoms with E-state index >= 15 is 0 Å². The van der Waals surface area contributed by atoms with Gasteiger partial charge < -0.3 is 5.73 Å². The summed E-state index contributed by atoms with van der Waals surface area (Å²) in [6.45, 7) is 1.69. The zero-order chi connectivity index (χ0) is 13.7. The first kappa shape index (κ1) is 14.2. The molecule has 0 unspecified atom stereocenters. The second-order valence-corrected chi connectivity index (χ2v) is 6.60. The zero-order valence-corrected chi connectivity index (χ0v) is 11.8. The van der Waals surface area contributed by atoms with Crippen LogP contribution in [0.3, 0.4) is 0 Å². The van der Waals surface area contributed by atoms with Gasteiger partial charge in [0.05, 0.1) is 4.90 Å². The van der Waals surface area contributed by atoms with Gasteiger partial charge in [-0.25, -0.2) is 8.42 Å². The largest absolute Gasteiger partial charge is 0.330 e. The molecule has 0 bridgehead atoms. The molecule has 1 aliphatic heterocycles. The Kier molecular flexibility index (Phi) is 4.74. The molecule has 4 nitrogen and oxygen atoms in total. The van der Waals surface area contributed by atoms with Crippen LogP contribution in [0.4, 0.5) is 0 Å². The third kappa shape index (κ3) is 3.43. The first-order valence-corrected chi connectivity index (χ1v) is 8.03. The van der Waals surface area contributed by atoms with Crippen molar-refractivity contribution in [3.05, 3.63) is 42.0 Å². The lowest BCUT2D eigenvalue weighted by molar-refractivity contribution is 0.437. The van der Waals surface area contributed by atoms with Gasteiger partial charge in [-0.15, -0.1) is 0 Å². The molecule has 0 saturated carbocycles. The molecule has 0 atom stereocenters. The molecule has 1 aromatic carbocycles. The number of nitrogens with two attached hydrogens (primary N) is 1. The average Bonchev–Trinajstić information content (AvgIpc) is 2.46. The zero-order valence-electron chi connectivity index (χ0n) is 11.0. The van der Waals surface area contributed by atoms with Crippen LogP contribution in [-0.2, 0) is 16.4 Å². The van der Waals surface area contributed by atoms with Crippen molar-refractivity contribution in [2.45, 2.75) is 24.2 Å². The Hall–Kier alpha value is -1.17. The summed E-state index contributed by atoms with van der Waals surface area (Å²) in [7, 11) is -3.34. The minimum absolute atomic E-state index is 0.374. The summed E-state index contributed by atoms with van der Waals surface area (Å²) >= 11 is 0. The van der Waals surface area contributed by atoms with E-state index in [-0.39, 0.29) is 0 Å². The first-order chi connectivity index (χ1) is 9.14. The second kappa shape index (κ2) is 6.32. The smallest absolute Gasteiger partial charge is 0.243 e. The van der Waals surface area contributed by atoms with Gasteiger partial charge in [0, 0.05) is 13.1 Å². The molecule has 1 heterocycles. The average molecular weight is 280 g/mol. The Bertz CT molecular complexity index is 535. The summed E-state index contributed by atoms with van der Waals surface area (Å²) in [6, 6.07) is 7.14. The maximum Gasteiger partial charge on any atom is 0.243 e. The van der Waals surface area contributed by atoms with Crippen LogP contribution in [0.5, 0.6) is 0 Å². The van der Waals surface area contributed by atoms with Crippen molar-refractivity contribution in [3.63, 3.8) is 0 Å². The number of sulfonamides is 1. The molecule has 19 heavy (non-hydrogen) atoms. The number of rotatable bonds is 5. The van der Waals surface area contributed by atoms with Crippen LogP contribution in [-0.4, -0.2) is 32.4 Å². The fraction of sp³-hybridized carbons (Fsp3) is 0.429. The van der Waals surface area contributed by atoms with E-state index in [0.717, 1.165) is 24.8 Å². The molecule has 2 rings (SSSR count). The van der Waals surface area contributed by atoms with Gasteiger partial charge in [0.25, 0.3) is 0 Å². The van der Waals surface area contributed by atoms with Crippen LogP contribution in [0.15, 0.2) is 41.3 Å². The summed E-state index contributed by atoms with van der Waals surface area (Å²) in [5, 5.41) is 0.